The van der Waals surface area contributed by atoms with Crippen molar-refractivity contribution in [3.63, 3.8) is 0 Å². The Morgan fingerprint density at radius 1 is 1.15 bits per heavy atom. The topological polar surface area (TPSA) is 29.3 Å². The number of aryl methyl sites for hydroxylation is 1. The van der Waals surface area contributed by atoms with Gasteiger partial charge >= 0.3 is 0 Å². The molecule has 0 unspecified atom stereocenters. The molecule has 0 aliphatic heterocycles. The number of hydrogen-bond acceptors (Lipinski definition) is 2. The molecule has 0 saturated carbocycles. The molecule has 0 aliphatic carbocycles. The largest absolute Gasteiger partial charge is 0.370 e. The molecule has 0 spiro atoms. The molecule has 2 nitrogen and oxygen atoms in total. The highest BCUT2D eigenvalue weighted by atomic mass is 19.1. The van der Waals surface area contributed by atoms with Crippen molar-refractivity contribution < 1.29 is 4.39 Å². The van der Waals surface area contributed by atoms with Crippen LogP contribution in [0.2, 0.25) is 0 Å². The molecule has 0 atom stereocenters. The van der Waals surface area contributed by atoms with Crippen molar-refractivity contribution in [1.29, 1.82) is 0 Å². The first-order chi connectivity index (χ1) is 9.61. The fourth-order valence-corrected chi connectivity index (χ4v) is 2.44. The molecule has 0 bridgehead atoms. The van der Waals surface area contributed by atoms with Crippen LogP contribution >= 0.6 is 0 Å². The maximum absolute atomic E-state index is 13.7. The van der Waals surface area contributed by atoms with Crippen molar-refractivity contribution in [2.75, 3.05) is 18.5 Å². The number of hydrogen-bond donors (Lipinski definition) is 1. The Labute approximate surface area is 120 Å². The Morgan fingerprint density at radius 2 is 1.90 bits per heavy atom. The van der Waals surface area contributed by atoms with Crippen molar-refractivity contribution in [3.05, 3.63) is 65.0 Å². The van der Waals surface area contributed by atoms with Crippen molar-refractivity contribution in [1.82, 2.24) is 0 Å². The van der Waals surface area contributed by atoms with Crippen LogP contribution in [-0.2, 0) is 13.0 Å². The van der Waals surface area contributed by atoms with Gasteiger partial charge in [-0.05, 0) is 43.1 Å². The molecule has 2 aromatic rings. The van der Waals surface area contributed by atoms with Gasteiger partial charge in [0.25, 0.3) is 0 Å². The smallest absolute Gasteiger partial charge is 0.128 e. The van der Waals surface area contributed by atoms with E-state index in [0.29, 0.717) is 18.7 Å². The van der Waals surface area contributed by atoms with Gasteiger partial charge < -0.3 is 10.6 Å². The molecule has 0 radical (unpaired) electrons. The van der Waals surface area contributed by atoms with Gasteiger partial charge in [-0.15, -0.1) is 0 Å². The maximum atomic E-state index is 13.7. The van der Waals surface area contributed by atoms with Crippen LogP contribution in [0.3, 0.4) is 0 Å². The van der Waals surface area contributed by atoms with Crippen molar-refractivity contribution >= 4 is 5.69 Å². The highest BCUT2D eigenvalue weighted by Crippen LogP contribution is 2.22. The van der Waals surface area contributed by atoms with E-state index in [9.17, 15) is 4.39 Å². The number of rotatable bonds is 5. The van der Waals surface area contributed by atoms with Crippen LogP contribution in [0.15, 0.2) is 42.5 Å². The zero-order valence-electron chi connectivity index (χ0n) is 12.1. The zero-order chi connectivity index (χ0) is 14.5. The lowest BCUT2D eigenvalue weighted by Gasteiger charge is -2.22. The molecule has 0 aliphatic rings. The fourth-order valence-electron chi connectivity index (χ4n) is 2.44. The minimum Gasteiger partial charge on any atom is -0.370 e. The third kappa shape index (κ3) is 3.36. The Bertz CT molecular complexity index is 581. The van der Waals surface area contributed by atoms with E-state index < -0.39 is 0 Å². The van der Waals surface area contributed by atoms with Crippen molar-refractivity contribution in [3.8, 4) is 0 Å². The SMILES string of the molecule is Cc1cc(CCN)ccc1N(C)Cc1ccccc1F. The molecule has 0 fully saturated rings. The van der Waals surface area contributed by atoms with Crippen LogP contribution in [0.1, 0.15) is 16.7 Å². The van der Waals surface area contributed by atoms with Crippen molar-refractivity contribution in [2.45, 2.75) is 19.9 Å². The van der Waals surface area contributed by atoms with Crippen LogP contribution < -0.4 is 10.6 Å². The predicted molar refractivity (Wildman–Crippen MR) is 82.4 cm³/mol. The van der Waals surface area contributed by atoms with Crippen LogP contribution in [0, 0.1) is 12.7 Å². The molecule has 106 valence electrons. The van der Waals surface area contributed by atoms with Crippen LogP contribution in [-0.4, -0.2) is 13.6 Å². The standard InChI is InChI=1S/C17H21FN2/c1-13-11-14(9-10-19)7-8-17(13)20(2)12-15-5-3-4-6-16(15)18/h3-8,11H,9-10,12,19H2,1-2H3. The maximum Gasteiger partial charge on any atom is 0.128 e. The fraction of sp³-hybridized carbons (Fsp3) is 0.294. The molecule has 20 heavy (non-hydrogen) atoms. The number of anilines is 1. The van der Waals surface area contributed by atoms with Crippen LogP contribution in [0.5, 0.6) is 0 Å². The summed E-state index contributed by atoms with van der Waals surface area (Å²) in [6.45, 7) is 3.29. The predicted octanol–water partition coefficient (Wildman–Crippen LogP) is 3.27. The van der Waals surface area contributed by atoms with Gasteiger partial charge in [-0.25, -0.2) is 4.39 Å². The van der Waals surface area contributed by atoms with Gasteiger partial charge in [-0.2, -0.15) is 0 Å². The van der Waals surface area contributed by atoms with Gasteiger partial charge in [0.15, 0.2) is 0 Å². The molecule has 2 aromatic carbocycles. The first-order valence-electron chi connectivity index (χ1n) is 6.86. The lowest BCUT2D eigenvalue weighted by atomic mass is 10.1. The van der Waals surface area contributed by atoms with Crippen molar-refractivity contribution in [2.24, 2.45) is 5.73 Å². The normalized spacial score (nSPS) is 10.6. The van der Waals surface area contributed by atoms with Crippen LogP contribution in [0.25, 0.3) is 0 Å². The molecule has 0 aromatic heterocycles. The second-order valence-electron chi connectivity index (χ2n) is 5.11. The van der Waals surface area contributed by atoms with E-state index in [1.807, 2.05) is 19.2 Å². The van der Waals surface area contributed by atoms with E-state index in [2.05, 4.69) is 30.0 Å². The summed E-state index contributed by atoms with van der Waals surface area (Å²) in [5, 5.41) is 0. The minimum atomic E-state index is -0.156. The lowest BCUT2D eigenvalue weighted by molar-refractivity contribution is 0.608. The van der Waals surface area contributed by atoms with Crippen LogP contribution in [0.4, 0.5) is 10.1 Å². The summed E-state index contributed by atoms with van der Waals surface area (Å²) in [6.07, 6.45) is 0.887. The Hall–Kier alpha value is -1.87. The third-order valence-electron chi connectivity index (χ3n) is 3.47. The van der Waals surface area contributed by atoms with E-state index in [0.717, 1.165) is 12.1 Å². The quantitative estimate of drug-likeness (QED) is 0.905. The number of nitrogens with zero attached hydrogens (tertiary/aromatic N) is 1. The van der Waals surface area contributed by atoms with Gasteiger partial charge in [-0.3, -0.25) is 0 Å². The summed E-state index contributed by atoms with van der Waals surface area (Å²) in [7, 11) is 1.98. The Morgan fingerprint density at radius 3 is 2.55 bits per heavy atom. The first-order valence-corrected chi connectivity index (χ1v) is 6.86. The summed E-state index contributed by atoms with van der Waals surface area (Å²) in [5.74, 6) is -0.156. The number of benzene rings is 2. The summed E-state index contributed by atoms with van der Waals surface area (Å²) in [4.78, 5) is 2.07. The summed E-state index contributed by atoms with van der Waals surface area (Å²) < 4.78 is 13.7. The molecule has 0 heterocycles. The van der Waals surface area contributed by atoms with E-state index in [1.165, 1.54) is 17.2 Å². The lowest BCUT2D eigenvalue weighted by Crippen LogP contribution is -2.18. The Balaban J connectivity index is 2.17. The molecule has 2 rings (SSSR count). The Kier molecular flexibility index (Phi) is 4.74. The summed E-state index contributed by atoms with van der Waals surface area (Å²) in [5.41, 5.74) is 9.84. The molecule has 0 saturated heterocycles. The molecule has 0 amide bonds. The number of halogens is 1. The first kappa shape index (κ1) is 14.5. The van der Waals surface area contributed by atoms with Gasteiger partial charge in [0.2, 0.25) is 0 Å². The van der Waals surface area contributed by atoms with E-state index in [-0.39, 0.29) is 5.82 Å². The summed E-state index contributed by atoms with van der Waals surface area (Å²) >= 11 is 0. The van der Waals surface area contributed by atoms with E-state index >= 15 is 0 Å². The van der Waals surface area contributed by atoms with E-state index in [1.54, 1.807) is 6.07 Å². The minimum absolute atomic E-state index is 0.156. The molecular formula is C17H21FN2. The average molecular weight is 272 g/mol. The van der Waals surface area contributed by atoms with E-state index in [4.69, 9.17) is 5.73 Å². The monoisotopic (exact) mass is 272 g/mol. The van der Waals surface area contributed by atoms with Gasteiger partial charge in [0.05, 0.1) is 0 Å². The summed E-state index contributed by atoms with van der Waals surface area (Å²) in [6, 6.07) is 13.2. The molecule has 3 heteroatoms. The number of nitrogens with two attached hydrogens (primary N) is 1. The second kappa shape index (κ2) is 6.53. The average Bonchev–Trinajstić information content (AvgIpc) is 2.42. The third-order valence-corrected chi connectivity index (χ3v) is 3.47. The highest BCUT2D eigenvalue weighted by Gasteiger charge is 2.08. The molecule has 2 N–H and O–H groups in total. The highest BCUT2D eigenvalue weighted by molar-refractivity contribution is 5.54. The van der Waals surface area contributed by atoms with Gasteiger partial charge in [0, 0.05) is 24.8 Å². The van der Waals surface area contributed by atoms with Gasteiger partial charge in [0.1, 0.15) is 5.82 Å². The zero-order valence-corrected chi connectivity index (χ0v) is 12.1. The van der Waals surface area contributed by atoms with Gasteiger partial charge in [-0.1, -0.05) is 30.3 Å². The second-order valence-corrected chi connectivity index (χ2v) is 5.11. The molecular weight excluding hydrogens is 251 g/mol.